The standard InChI is InChI=1S/C31H32F3N7O4/c1-5-39-27-22(18-36-41(27)21-12-7-6-8-13-21)24(20-11-9-10-19(16-20)17-35-29(44)45-30(2,3)4)25(28(39)43)37-26(42)23-14-15-40(38-23)31(32,33)34/h6-16,18,24-25H,5,17H2,1-4H3,(H,35,44)(H,37,42)/t24-,25+/m1/s1. The number of rotatable bonds is 7. The van der Waals surface area contributed by atoms with Crippen molar-refractivity contribution in [2.75, 3.05) is 11.4 Å². The van der Waals surface area contributed by atoms with E-state index in [1.807, 2.05) is 30.3 Å². The van der Waals surface area contributed by atoms with Crippen molar-refractivity contribution in [3.63, 3.8) is 0 Å². The quantitative estimate of drug-likeness (QED) is 0.303. The molecular formula is C31H32F3N7O4. The number of ether oxygens (including phenoxy) is 1. The van der Waals surface area contributed by atoms with Crippen molar-refractivity contribution in [1.29, 1.82) is 0 Å². The Labute approximate surface area is 257 Å². The van der Waals surface area contributed by atoms with Gasteiger partial charge in [0.05, 0.1) is 11.9 Å². The highest BCUT2D eigenvalue weighted by Crippen LogP contribution is 2.41. The predicted octanol–water partition coefficient (Wildman–Crippen LogP) is 4.87. The number of para-hydroxylation sites is 1. The number of likely N-dealkylation sites (N-methyl/N-ethyl adjacent to an activating group) is 1. The molecule has 3 amide bonds. The number of hydrogen-bond donors (Lipinski definition) is 2. The highest BCUT2D eigenvalue weighted by molar-refractivity contribution is 6.04. The highest BCUT2D eigenvalue weighted by atomic mass is 19.4. The summed E-state index contributed by atoms with van der Waals surface area (Å²) < 4.78 is 46.2. The Kier molecular flexibility index (Phi) is 8.41. The molecule has 3 heterocycles. The molecule has 0 aliphatic carbocycles. The molecule has 1 aliphatic rings. The van der Waals surface area contributed by atoms with Crippen LogP contribution in [0.4, 0.5) is 23.8 Å². The Balaban J connectivity index is 1.55. The summed E-state index contributed by atoms with van der Waals surface area (Å²) in [6.07, 6.45) is -3.16. The molecule has 0 fully saturated rings. The molecule has 0 radical (unpaired) electrons. The number of hydrogen-bond acceptors (Lipinski definition) is 6. The lowest BCUT2D eigenvalue weighted by Gasteiger charge is -2.38. The molecule has 45 heavy (non-hydrogen) atoms. The second-order valence-corrected chi connectivity index (χ2v) is 11.4. The van der Waals surface area contributed by atoms with Crippen LogP contribution in [0.25, 0.3) is 5.69 Å². The second kappa shape index (κ2) is 12.1. The first-order valence-corrected chi connectivity index (χ1v) is 14.2. The average Bonchev–Trinajstić information content (AvgIpc) is 3.65. The minimum Gasteiger partial charge on any atom is -0.444 e. The van der Waals surface area contributed by atoms with Gasteiger partial charge in [0.25, 0.3) is 11.8 Å². The van der Waals surface area contributed by atoms with Crippen LogP contribution in [0.15, 0.2) is 73.1 Å². The van der Waals surface area contributed by atoms with E-state index in [-0.39, 0.29) is 17.8 Å². The number of alkyl carbamates (subject to hydrolysis) is 1. The summed E-state index contributed by atoms with van der Waals surface area (Å²) in [6.45, 7) is 7.38. The summed E-state index contributed by atoms with van der Waals surface area (Å²) in [5.74, 6) is -1.71. The monoisotopic (exact) mass is 623 g/mol. The summed E-state index contributed by atoms with van der Waals surface area (Å²) in [5, 5.41) is 13.3. The van der Waals surface area contributed by atoms with Gasteiger partial charge in [0.15, 0.2) is 0 Å². The van der Waals surface area contributed by atoms with Gasteiger partial charge >= 0.3 is 12.4 Å². The van der Waals surface area contributed by atoms with E-state index >= 15 is 0 Å². The van der Waals surface area contributed by atoms with Gasteiger partial charge in [-0.05, 0) is 57.0 Å². The maximum atomic E-state index is 14.1. The van der Waals surface area contributed by atoms with Crippen molar-refractivity contribution in [1.82, 2.24) is 30.2 Å². The molecule has 2 atom stereocenters. The first-order chi connectivity index (χ1) is 21.3. The number of anilines is 1. The Morgan fingerprint density at radius 2 is 1.76 bits per heavy atom. The summed E-state index contributed by atoms with van der Waals surface area (Å²) >= 11 is 0. The number of fused-ring (bicyclic) bond motifs is 1. The van der Waals surface area contributed by atoms with E-state index in [1.165, 1.54) is 4.90 Å². The predicted molar refractivity (Wildman–Crippen MR) is 158 cm³/mol. The zero-order valence-corrected chi connectivity index (χ0v) is 25.0. The maximum Gasteiger partial charge on any atom is 0.504 e. The van der Waals surface area contributed by atoms with Gasteiger partial charge in [-0.2, -0.15) is 14.9 Å². The molecule has 5 rings (SSSR count). The van der Waals surface area contributed by atoms with Gasteiger partial charge in [0.2, 0.25) is 0 Å². The van der Waals surface area contributed by atoms with Crippen LogP contribution in [0, 0.1) is 0 Å². The van der Waals surface area contributed by atoms with E-state index in [9.17, 15) is 27.6 Å². The van der Waals surface area contributed by atoms with Crippen LogP contribution >= 0.6 is 0 Å². The van der Waals surface area contributed by atoms with Crippen LogP contribution < -0.4 is 15.5 Å². The number of amides is 3. The minimum atomic E-state index is -4.81. The van der Waals surface area contributed by atoms with Crippen LogP contribution in [-0.4, -0.2) is 55.7 Å². The topological polar surface area (TPSA) is 123 Å². The van der Waals surface area contributed by atoms with Gasteiger partial charge in [0.1, 0.15) is 23.2 Å². The van der Waals surface area contributed by atoms with E-state index in [4.69, 9.17) is 4.74 Å². The fourth-order valence-corrected chi connectivity index (χ4v) is 5.21. The highest BCUT2D eigenvalue weighted by Gasteiger charge is 2.44. The number of aromatic nitrogens is 4. The number of nitrogens with one attached hydrogen (secondary N) is 2. The van der Waals surface area contributed by atoms with E-state index in [0.29, 0.717) is 34.4 Å². The number of nitrogens with zero attached hydrogens (tertiary/aromatic N) is 5. The van der Waals surface area contributed by atoms with Crippen molar-refractivity contribution in [3.8, 4) is 5.69 Å². The maximum absolute atomic E-state index is 14.1. The van der Waals surface area contributed by atoms with Gasteiger partial charge < -0.3 is 15.4 Å². The lowest BCUT2D eigenvalue weighted by atomic mass is 9.82. The lowest BCUT2D eigenvalue weighted by Crippen LogP contribution is -2.55. The van der Waals surface area contributed by atoms with Gasteiger partial charge in [0, 0.05) is 30.8 Å². The summed E-state index contributed by atoms with van der Waals surface area (Å²) in [5.41, 5.74) is 1.44. The van der Waals surface area contributed by atoms with Crippen molar-refractivity contribution < 1.29 is 32.3 Å². The number of carbonyl (C=O) groups is 3. The molecule has 14 heteroatoms. The van der Waals surface area contributed by atoms with Crippen LogP contribution in [0.3, 0.4) is 0 Å². The molecular weight excluding hydrogens is 591 g/mol. The van der Waals surface area contributed by atoms with Gasteiger partial charge in [-0.15, -0.1) is 13.2 Å². The van der Waals surface area contributed by atoms with Crippen LogP contribution in [0.2, 0.25) is 0 Å². The first-order valence-electron chi connectivity index (χ1n) is 14.2. The zero-order valence-electron chi connectivity index (χ0n) is 25.0. The summed E-state index contributed by atoms with van der Waals surface area (Å²) in [6, 6.07) is 16.0. The number of carbonyl (C=O) groups excluding carboxylic acids is 3. The SMILES string of the molecule is CCN1C(=O)[C@@H](NC(=O)c2ccn(C(F)(F)F)n2)[C@H](c2cccc(CNC(=O)OC(C)(C)C)c2)c2cnn(-c3ccccc3)c21. The van der Waals surface area contributed by atoms with E-state index < -0.39 is 47.5 Å². The molecule has 0 spiro atoms. The molecule has 0 saturated heterocycles. The molecule has 0 unspecified atom stereocenters. The first kappa shape index (κ1) is 31.3. The Hall–Kier alpha value is -5.14. The van der Waals surface area contributed by atoms with Crippen molar-refractivity contribution in [3.05, 3.63) is 95.4 Å². The van der Waals surface area contributed by atoms with E-state index in [1.54, 1.807) is 62.8 Å². The molecule has 4 aromatic rings. The normalized spacial score (nSPS) is 16.7. The molecule has 2 aromatic carbocycles. The fraction of sp³-hybridized carbons (Fsp3) is 0.323. The van der Waals surface area contributed by atoms with Crippen LogP contribution in [0.5, 0.6) is 0 Å². The van der Waals surface area contributed by atoms with E-state index in [0.717, 1.165) is 6.07 Å². The molecule has 0 bridgehead atoms. The smallest absolute Gasteiger partial charge is 0.444 e. The largest absolute Gasteiger partial charge is 0.504 e. The third-order valence-electron chi connectivity index (χ3n) is 7.06. The number of alkyl halides is 3. The Morgan fingerprint density at radius 3 is 2.40 bits per heavy atom. The number of benzene rings is 2. The Morgan fingerprint density at radius 1 is 1.02 bits per heavy atom. The summed E-state index contributed by atoms with van der Waals surface area (Å²) in [4.78, 5) is 41.2. The van der Waals surface area contributed by atoms with Crippen molar-refractivity contribution in [2.24, 2.45) is 0 Å². The molecule has 2 N–H and O–H groups in total. The van der Waals surface area contributed by atoms with Crippen molar-refractivity contribution >= 4 is 23.7 Å². The summed E-state index contributed by atoms with van der Waals surface area (Å²) in [7, 11) is 0. The molecule has 236 valence electrons. The number of halogens is 3. The third-order valence-corrected chi connectivity index (χ3v) is 7.06. The molecule has 2 aromatic heterocycles. The molecule has 0 saturated carbocycles. The van der Waals surface area contributed by atoms with Gasteiger partial charge in [-0.3, -0.25) is 14.5 Å². The van der Waals surface area contributed by atoms with Crippen LogP contribution in [0.1, 0.15) is 60.8 Å². The fourth-order valence-electron chi connectivity index (χ4n) is 5.21. The minimum absolute atomic E-state index is 0.118. The zero-order chi connectivity index (χ0) is 32.5. The molecule has 1 aliphatic heterocycles. The van der Waals surface area contributed by atoms with Gasteiger partial charge in [-0.25, -0.2) is 9.48 Å². The lowest BCUT2D eigenvalue weighted by molar-refractivity contribution is -0.212. The van der Waals surface area contributed by atoms with Crippen LogP contribution in [-0.2, 0) is 22.4 Å². The Bertz CT molecular complexity index is 1710. The third kappa shape index (κ3) is 6.69. The van der Waals surface area contributed by atoms with Gasteiger partial charge in [-0.1, -0.05) is 42.5 Å². The second-order valence-electron chi connectivity index (χ2n) is 11.4. The molecule has 11 nitrogen and oxygen atoms in total. The average molecular weight is 624 g/mol. The van der Waals surface area contributed by atoms with E-state index in [2.05, 4.69) is 20.8 Å². The van der Waals surface area contributed by atoms with Crippen molar-refractivity contribution in [2.45, 2.75) is 58.1 Å².